The second kappa shape index (κ2) is 8.12. The molecule has 0 saturated heterocycles. The van der Waals surface area contributed by atoms with Crippen molar-refractivity contribution in [3.05, 3.63) is 97.3 Å². The summed E-state index contributed by atoms with van der Waals surface area (Å²) in [4.78, 5) is 0.140. The molecule has 0 fully saturated rings. The molecule has 8 nitrogen and oxygen atoms in total. The highest BCUT2D eigenvalue weighted by Crippen LogP contribution is 2.25. The summed E-state index contributed by atoms with van der Waals surface area (Å²) in [6.45, 7) is 0. The molecule has 3 aromatic carbocycles. The molecule has 0 amide bonds. The molecule has 2 aromatic heterocycles. The van der Waals surface area contributed by atoms with E-state index in [1.165, 1.54) is 18.5 Å². The molecule has 0 bridgehead atoms. The van der Waals surface area contributed by atoms with E-state index in [1.807, 2.05) is 42.5 Å². The SMILES string of the molecule is O=S(=O)(Nc1ccc(-c2ccc3nncn3n2)cc1)c1ccc(Oc2ccccc2)cc1. The monoisotopic (exact) mass is 443 g/mol. The van der Waals surface area contributed by atoms with Gasteiger partial charge < -0.3 is 4.74 Å². The molecule has 0 aliphatic heterocycles. The fourth-order valence-electron chi connectivity index (χ4n) is 3.12. The van der Waals surface area contributed by atoms with Gasteiger partial charge in [0.25, 0.3) is 10.0 Å². The summed E-state index contributed by atoms with van der Waals surface area (Å²) in [7, 11) is -3.74. The van der Waals surface area contributed by atoms with Gasteiger partial charge >= 0.3 is 0 Å². The van der Waals surface area contributed by atoms with Crippen LogP contribution in [0, 0.1) is 0 Å². The Bertz CT molecular complexity index is 1470. The molecule has 32 heavy (non-hydrogen) atoms. The van der Waals surface area contributed by atoms with Crippen LogP contribution in [0.25, 0.3) is 16.9 Å². The summed E-state index contributed by atoms with van der Waals surface area (Å²) in [5.41, 5.74) is 2.66. The van der Waals surface area contributed by atoms with Crippen LogP contribution in [0.15, 0.2) is 102 Å². The number of hydrogen-bond acceptors (Lipinski definition) is 6. The Morgan fingerprint density at radius 2 is 1.50 bits per heavy atom. The molecule has 158 valence electrons. The first-order valence-electron chi connectivity index (χ1n) is 9.70. The van der Waals surface area contributed by atoms with E-state index in [-0.39, 0.29) is 4.90 Å². The normalized spacial score (nSPS) is 11.4. The lowest BCUT2D eigenvalue weighted by atomic mass is 10.1. The summed E-state index contributed by atoms with van der Waals surface area (Å²) < 4.78 is 35.4. The molecule has 0 spiro atoms. The number of nitrogens with one attached hydrogen (secondary N) is 1. The fourth-order valence-corrected chi connectivity index (χ4v) is 4.18. The second-order valence-electron chi connectivity index (χ2n) is 6.92. The molecule has 5 aromatic rings. The van der Waals surface area contributed by atoms with Crippen molar-refractivity contribution in [2.75, 3.05) is 4.72 Å². The maximum atomic E-state index is 12.8. The third kappa shape index (κ3) is 4.14. The van der Waals surface area contributed by atoms with Crippen molar-refractivity contribution in [2.24, 2.45) is 0 Å². The number of ether oxygens (including phenoxy) is 1. The van der Waals surface area contributed by atoms with Crippen LogP contribution in [0.2, 0.25) is 0 Å². The summed E-state index contributed by atoms with van der Waals surface area (Å²) in [6.07, 6.45) is 1.53. The maximum absolute atomic E-state index is 12.8. The van der Waals surface area contributed by atoms with Crippen LogP contribution in [0.1, 0.15) is 0 Å². The molecule has 0 aliphatic rings. The Labute approximate surface area is 184 Å². The van der Waals surface area contributed by atoms with Crippen LogP contribution >= 0.6 is 0 Å². The summed E-state index contributed by atoms with van der Waals surface area (Å²) in [5, 5.41) is 12.2. The lowest BCUT2D eigenvalue weighted by Gasteiger charge is -2.10. The van der Waals surface area contributed by atoms with Crippen molar-refractivity contribution in [1.82, 2.24) is 19.8 Å². The lowest BCUT2D eigenvalue weighted by molar-refractivity contribution is 0.482. The van der Waals surface area contributed by atoms with E-state index in [0.29, 0.717) is 22.8 Å². The van der Waals surface area contributed by atoms with Crippen molar-refractivity contribution >= 4 is 21.4 Å². The van der Waals surface area contributed by atoms with E-state index in [1.54, 1.807) is 40.9 Å². The molecule has 0 atom stereocenters. The first-order valence-corrected chi connectivity index (χ1v) is 11.2. The minimum Gasteiger partial charge on any atom is -0.457 e. The number of fused-ring (bicyclic) bond motifs is 1. The molecular formula is C23H17N5O3S. The van der Waals surface area contributed by atoms with Gasteiger partial charge in [0.1, 0.15) is 17.8 Å². The highest BCUT2D eigenvalue weighted by molar-refractivity contribution is 7.92. The number of para-hydroxylation sites is 1. The van der Waals surface area contributed by atoms with Crippen LogP contribution in [0.3, 0.4) is 0 Å². The van der Waals surface area contributed by atoms with E-state index < -0.39 is 10.0 Å². The molecule has 2 heterocycles. The quantitative estimate of drug-likeness (QED) is 0.418. The van der Waals surface area contributed by atoms with Gasteiger partial charge in [0, 0.05) is 11.3 Å². The molecule has 9 heteroatoms. The highest BCUT2D eigenvalue weighted by Gasteiger charge is 2.14. The van der Waals surface area contributed by atoms with Crippen molar-refractivity contribution in [3.8, 4) is 22.8 Å². The number of hydrogen-bond donors (Lipinski definition) is 1. The van der Waals surface area contributed by atoms with E-state index in [4.69, 9.17) is 4.74 Å². The number of rotatable bonds is 6. The van der Waals surface area contributed by atoms with Crippen LogP contribution in [-0.4, -0.2) is 28.2 Å². The van der Waals surface area contributed by atoms with Crippen LogP contribution in [0.5, 0.6) is 11.5 Å². The van der Waals surface area contributed by atoms with Gasteiger partial charge in [-0.2, -0.15) is 9.61 Å². The van der Waals surface area contributed by atoms with Crippen LogP contribution in [0.4, 0.5) is 5.69 Å². The van der Waals surface area contributed by atoms with Crippen molar-refractivity contribution in [1.29, 1.82) is 0 Å². The Morgan fingerprint density at radius 1 is 0.781 bits per heavy atom. The van der Waals surface area contributed by atoms with Gasteiger partial charge in [-0.3, -0.25) is 4.72 Å². The Balaban J connectivity index is 1.30. The molecule has 0 aliphatic carbocycles. The molecule has 0 radical (unpaired) electrons. The Morgan fingerprint density at radius 3 is 2.25 bits per heavy atom. The third-order valence-electron chi connectivity index (χ3n) is 4.71. The van der Waals surface area contributed by atoms with Gasteiger partial charge in [0.2, 0.25) is 0 Å². The van der Waals surface area contributed by atoms with Gasteiger partial charge in [0.05, 0.1) is 10.6 Å². The zero-order chi connectivity index (χ0) is 22.0. The number of nitrogens with zero attached hydrogens (tertiary/aromatic N) is 4. The number of benzene rings is 3. The number of anilines is 1. The third-order valence-corrected chi connectivity index (χ3v) is 6.10. The standard InChI is InChI=1S/C23H17N5O3S/c29-32(30,21-12-10-20(11-13-21)31-19-4-2-1-3-5-19)27-18-8-6-17(7-9-18)22-14-15-23-25-24-16-28(23)26-22/h1-16,27H. The minimum atomic E-state index is -3.74. The van der Waals surface area contributed by atoms with E-state index in [9.17, 15) is 8.42 Å². The average Bonchev–Trinajstić information content (AvgIpc) is 3.28. The molecule has 0 unspecified atom stereocenters. The fraction of sp³-hybridized carbons (Fsp3) is 0. The van der Waals surface area contributed by atoms with Gasteiger partial charge in [-0.15, -0.1) is 10.2 Å². The van der Waals surface area contributed by atoms with E-state index >= 15 is 0 Å². The molecule has 0 saturated carbocycles. The van der Waals surface area contributed by atoms with Crippen molar-refractivity contribution in [2.45, 2.75) is 4.90 Å². The van der Waals surface area contributed by atoms with Gasteiger partial charge in [-0.05, 0) is 60.7 Å². The first kappa shape index (κ1) is 19.7. The zero-order valence-corrected chi connectivity index (χ0v) is 17.5. The van der Waals surface area contributed by atoms with Gasteiger partial charge in [-0.25, -0.2) is 8.42 Å². The highest BCUT2D eigenvalue weighted by atomic mass is 32.2. The Kier molecular flexibility index (Phi) is 5.00. The smallest absolute Gasteiger partial charge is 0.261 e. The summed E-state index contributed by atoms with van der Waals surface area (Å²) in [5.74, 6) is 1.23. The Hall–Kier alpha value is -4.24. The van der Waals surface area contributed by atoms with Crippen molar-refractivity contribution < 1.29 is 13.2 Å². The van der Waals surface area contributed by atoms with Gasteiger partial charge in [-0.1, -0.05) is 30.3 Å². The number of sulfonamides is 1. The van der Waals surface area contributed by atoms with Crippen LogP contribution < -0.4 is 9.46 Å². The summed E-state index contributed by atoms with van der Waals surface area (Å²) >= 11 is 0. The molecular weight excluding hydrogens is 426 g/mol. The van der Waals surface area contributed by atoms with Crippen molar-refractivity contribution in [3.63, 3.8) is 0 Å². The molecule has 5 rings (SSSR count). The predicted molar refractivity (Wildman–Crippen MR) is 120 cm³/mol. The largest absolute Gasteiger partial charge is 0.457 e. The molecule has 1 N–H and O–H groups in total. The second-order valence-corrected chi connectivity index (χ2v) is 8.60. The minimum absolute atomic E-state index is 0.140. The first-order chi connectivity index (χ1) is 15.6. The van der Waals surface area contributed by atoms with Crippen LogP contribution in [-0.2, 0) is 10.0 Å². The van der Waals surface area contributed by atoms with E-state index in [0.717, 1.165) is 11.3 Å². The lowest BCUT2D eigenvalue weighted by Crippen LogP contribution is -2.12. The average molecular weight is 443 g/mol. The maximum Gasteiger partial charge on any atom is 0.261 e. The summed E-state index contributed by atoms with van der Waals surface area (Å²) in [6, 6.07) is 26.2. The van der Waals surface area contributed by atoms with Gasteiger partial charge in [0.15, 0.2) is 5.65 Å². The topological polar surface area (TPSA) is 98.5 Å². The zero-order valence-electron chi connectivity index (χ0n) is 16.7. The predicted octanol–water partition coefficient (Wildman–Crippen LogP) is 4.38. The van der Waals surface area contributed by atoms with E-state index in [2.05, 4.69) is 20.0 Å². The number of aromatic nitrogens is 4.